The standard InChI is InChI=1S/C23H34N4O5/c1-15(2)14-32-20(29)12-18-22(31)24-9-10-27(18)19(28)13-25-17-8-6-7-16(11-17)21(30)26-23(3,4)5/h6-8,11,15,18,25H,9-10,12-14H2,1-5H3,(H,24,31)(H,26,30). The van der Waals surface area contributed by atoms with Crippen LogP contribution in [0.3, 0.4) is 0 Å². The highest BCUT2D eigenvalue weighted by molar-refractivity contribution is 5.96. The zero-order valence-electron chi connectivity index (χ0n) is 19.5. The summed E-state index contributed by atoms with van der Waals surface area (Å²) in [4.78, 5) is 51.0. The Balaban J connectivity index is 1.99. The highest BCUT2D eigenvalue weighted by Gasteiger charge is 2.35. The van der Waals surface area contributed by atoms with Crippen LogP contribution in [0.25, 0.3) is 0 Å². The Bertz CT molecular complexity index is 847. The topological polar surface area (TPSA) is 117 Å². The van der Waals surface area contributed by atoms with Gasteiger partial charge in [-0.1, -0.05) is 19.9 Å². The summed E-state index contributed by atoms with van der Waals surface area (Å²) in [6.45, 7) is 10.4. The average Bonchev–Trinajstić information content (AvgIpc) is 2.71. The van der Waals surface area contributed by atoms with Crippen molar-refractivity contribution in [1.29, 1.82) is 0 Å². The molecule has 3 N–H and O–H groups in total. The maximum absolute atomic E-state index is 12.8. The lowest BCUT2D eigenvalue weighted by Crippen LogP contribution is -2.58. The van der Waals surface area contributed by atoms with Gasteiger partial charge in [0.2, 0.25) is 11.8 Å². The molecule has 1 aliphatic rings. The molecular formula is C23H34N4O5. The Labute approximate surface area is 189 Å². The van der Waals surface area contributed by atoms with Crippen molar-refractivity contribution >= 4 is 29.4 Å². The molecule has 1 aromatic carbocycles. The number of benzene rings is 1. The summed E-state index contributed by atoms with van der Waals surface area (Å²) in [6.07, 6.45) is -0.188. The molecule has 3 amide bonds. The van der Waals surface area contributed by atoms with Crippen molar-refractivity contribution in [3.8, 4) is 0 Å². The molecule has 1 saturated heterocycles. The number of carbonyl (C=O) groups excluding carboxylic acids is 4. The van der Waals surface area contributed by atoms with Crippen LogP contribution in [-0.2, 0) is 19.1 Å². The number of piperazine rings is 1. The van der Waals surface area contributed by atoms with Crippen LogP contribution >= 0.6 is 0 Å². The summed E-state index contributed by atoms with van der Waals surface area (Å²) >= 11 is 0. The Morgan fingerprint density at radius 2 is 1.97 bits per heavy atom. The summed E-state index contributed by atoms with van der Waals surface area (Å²) < 4.78 is 5.17. The van der Waals surface area contributed by atoms with E-state index in [1.54, 1.807) is 24.3 Å². The van der Waals surface area contributed by atoms with Crippen LogP contribution in [0.15, 0.2) is 24.3 Å². The Hall–Kier alpha value is -3.10. The minimum Gasteiger partial charge on any atom is -0.465 e. The number of carbonyl (C=O) groups is 4. The number of anilines is 1. The molecule has 0 spiro atoms. The van der Waals surface area contributed by atoms with E-state index in [0.29, 0.717) is 24.3 Å². The van der Waals surface area contributed by atoms with Gasteiger partial charge in [0.05, 0.1) is 19.6 Å². The number of nitrogens with zero attached hydrogens (tertiary/aromatic N) is 1. The van der Waals surface area contributed by atoms with Crippen molar-refractivity contribution in [3.05, 3.63) is 29.8 Å². The molecule has 1 heterocycles. The van der Waals surface area contributed by atoms with E-state index in [2.05, 4.69) is 16.0 Å². The zero-order chi connectivity index (χ0) is 23.9. The van der Waals surface area contributed by atoms with Gasteiger partial charge in [0.1, 0.15) is 6.04 Å². The maximum atomic E-state index is 12.8. The summed E-state index contributed by atoms with van der Waals surface area (Å²) in [5.74, 6) is -1.22. The van der Waals surface area contributed by atoms with Crippen LogP contribution in [0.2, 0.25) is 0 Å². The molecule has 176 valence electrons. The summed E-state index contributed by atoms with van der Waals surface area (Å²) in [6, 6.07) is 5.94. The summed E-state index contributed by atoms with van der Waals surface area (Å²) in [5.41, 5.74) is 0.714. The maximum Gasteiger partial charge on any atom is 0.308 e. The number of rotatable bonds is 8. The van der Waals surface area contributed by atoms with E-state index in [4.69, 9.17) is 4.74 Å². The zero-order valence-corrected chi connectivity index (χ0v) is 19.5. The van der Waals surface area contributed by atoms with Crippen molar-refractivity contribution in [1.82, 2.24) is 15.5 Å². The van der Waals surface area contributed by atoms with Gasteiger partial charge in [-0.2, -0.15) is 0 Å². The average molecular weight is 447 g/mol. The van der Waals surface area contributed by atoms with Gasteiger partial charge in [0.25, 0.3) is 5.91 Å². The Morgan fingerprint density at radius 1 is 1.25 bits per heavy atom. The van der Waals surface area contributed by atoms with Crippen LogP contribution in [0.1, 0.15) is 51.4 Å². The molecule has 1 aromatic rings. The molecule has 1 atom stereocenters. The predicted molar refractivity (Wildman–Crippen MR) is 121 cm³/mol. The molecule has 0 aliphatic carbocycles. The molecule has 1 unspecified atom stereocenters. The Kier molecular flexibility index (Phi) is 8.63. The van der Waals surface area contributed by atoms with Gasteiger partial charge in [-0.3, -0.25) is 19.2 Å². The van der Waals surface area contributed by atoms with E-state index in [9.17, 15) is 19.2 Å². The van der Waals surface area contributed by atoms with Crippen LogP contribution in [0.4, 0.5) is 5.69 Å². The first kappa shape index (κ1) is 25.2. The van der Waals surface area contributed by atoms with E-state index in [1.807, 2.05) is 34.6 Å². The minimum atomic E-state index is -0.901. The molecule has 0 bridgehead atoms. The normalized spacial score (nSPS) is 16.4. The van der Waals surface area contributed by atoms with Gasteiger partial charge in [-0.05, 0) is 44.9 Å². The lowest BCUT2D eigenvalue weighted by molar-refractivity contribution is -0.152. The van der Waals surface area contributed by atoms with Crippen molar-refractivity contribution in [3.63, 3.8) is 0 Å². The molecule has 0 saturated carbocycles. The van der Waals surface area contributed by atoms with Crippen LogP contribution in [0.5, 0.6) is 0 Å². The molecular weight excluding hydrogens is 412 g/mol. The highest BCUT2D eigenvalue weighted by Crippen LogP contribution is 2.14. The first-order valence-corrected chi connectivity index (χ1v) is 10.9. The van der Waals surface area contributed by atoms with Crippen LogP contribution < -0.4 is 16.0 Å². The van der Waals surface area contributed by atoms with Gasteiger partial charge >= 0.3 is 5.97 Å². The van der Waals surface area contributed by atoms with Gasteiger partial charge in [0.15, 0.2) is 0 Å². The van der Waals surface area contributed by atoms with Crippen LogP contribution in [-0.4, -0.2) is 66.4 Å². The van der Waals surface area contributed by atoms with Crippen molar-refractivity contribution in [2.24, 2.45) is 5.92 Å². The second kappa shape index (κ2) is 11.0. The number of amides is 3. The smallest absolute Gasteiger partial charge is 0.308 e. The summed E-state index contributed by atoms with van der Waals surface area (Å²) in [5, 5.41) is 8.60. The minimum absolute atomic E-state index is 0.0742. The molecule has 0 radical (unpaired) electrons. The predicted octanol–water partition coefficient (Wildman–Crippen LogP) is 1.54. The van der Waals surface area contributed by atoms with Crippen molar-refractivity contribution in [2.45, 2.75) is 52.6 Å². The van der Waals surface area contributed by atoms with Crippen molar-refractivity contribution < 1.29 is 23.9 Å². The summed E-state index contributed by atoms with van der Waals surface area (Å²) in [7, 11) is 0. The number of nitrogens with one attached hydrogen (secondary N) is 3. The first-order valence-electron chi connectivity index (χ1n) is 10.9. The van der Waals surface area contributed by atoms with Crippen LogP contribution in [0, 0.1) is 5.92 Å². The van der Waals surface area contributed by atoms with Gasteiger partial charge in [-0.15, -0.1) is 0 Å². The van der Waals surface area contributed by atoms with E-state index < -0.39 is 12.0 Å². The second-order valence-electron chi connectivity index (χ2n) is 9.31. The quantitative estimate of drug-likeness (QED) is 0.522. The number of esters is 1. The van der Waals surface area contributed by atoms with Crippen molar-refractivity contribution in [2.75, 3.05) is 31.6 Å². The fraction of sp³-hybridized carbons (Fsp3) is 0.565. The molecule has 2 rings (SSSR count). The molecule has 9 heteroatoms. The Morgan fingerprint density at radius 3 is 2.62 bits per heavy atom. The third-order valence-electron chi connectivity index (χ3n) is 4.65. The third-order valence-corrected chi connectivity index (χ3v) is 4.65. The monoisotopic (exact) mass is 446 g/mol. The number of hydrogen-bond donors (Lipinski definition) is 3. The molecule has 32 heavy (non-hydrogen) atoms. The van der Waals surface area contributed by atoms with E-state index in [0.717, 1.165) is 0 Å². The SMILES string of the molecule is CC(C)COC(=O)CC1C(=O)NCCN1C(=O)CNc1cccc(C(=O)NC(C)(C)C)c1. The molecule has 0 aromatic heterocycles. The van der Waals surface area contributed by atoms with E-state index >= 15 is 0 Å². The first-order chi connectivity index (χ1) is 15.0. The van der Waals surface area contributed by atoms with Gasteiger partial charge in [0, 0.05) is 29.9 Å². The second-order valence-corrected chi connectivity index (χ2v) is 9.31. The third kappa shape index (κ3) is 7.86. The molecule has 1 aliphatic heterocycles. The molecule has 1 fully saturated rings. The largest absolute Gasteiger partial charge is 0.465 e. The fourth-order valence-electron chi connectivity index (χ4n) is 3.15. The highest BCUT2D eigenvalue weighted by atomic mass is 16.5. The lowest BCUT2D eigenvalue weighted by Gasteiger charge is -2.34. The lowest BCUT2D eigenvalue weighted by atomic mass is 10.1. The van der Waals surface area contributed by atoms with Gasteiger partial charge in [-0.25, -0.2) is 0 Å². The number of hydrogen-bond acceptors (Lipinski definition) is 6. The van der Waals surface area contributed by atoms with E-state index in [1.165, 1.54) is 4.90 Å². The van der Waals surface area contributed by atoms with Gasteiger partial charge < -0.3 is 25.6 Å². The number of ether oxygens (including phenoxy) is 1. The fourth-order valence-corrected chi connectivity index (χ4v) is 3.15. The van der Waals surface area contributed by atoms with E-state index in [-0.39, 0.29) is 48.8 Å². The molecule has 9 nitrogen and oxygen atoms in total.